The highest BCUT2D eigenvalue weighted by atomic mass is 79.9. The average Bonchev–Trinajstić information content (AvgIpc) is 2.65. The fourth-order valence-electron chi connectivity index (χ4n) is 3.30. The number of halogens is 1. The van der Waals surface area contributed by atoms with E-state index in [1.807, 2.05) is 12.1 Å². The normalized spacial score (nSPS) is 10.9. The Hall–Kier alpha value is -1.63. The van der Waals surface area contributed by atoms with Gasteiger partial charge in [0.1, 0.15) is 28.9 Å². The van der Waals surface area contributed by atoms with Crippen LogP contribution in [-0.4, -0.2) is 11.3 Å². The monoisotopic (exact) mass is 414 g/mol. The second-order valence-corrected chi connectivity index (χ2v) is 9.69. The van der Waals surface area contributed by atoms with Crippen LogP contribution in [0, 0.1) is 0 Å². The number of rotatable bonds is 6. The molecule has 0 aliphatic heterocycles. The van der Waals surface area contributed by atoms with Gasteiger partial charge in [-0.1, -0.05) is 49.7 Å². The van der Waals surface area contributed by atoms with Crippen LogP contribution in [-0.2, 0) is 0 Å². The molecule has 3 rings (SSSR count). The summed E-state index contributed by atoms with van der Waals surface area (Å²) in [5, 5.41) is 13.9. The van der Waals surface area contributed by atoms with Crippen molar-refractivity contribution in [3.63, 3.8) is 0 Å². The second kappa shape index (κ2) is 9.17. The molecule has 0 heterocycles. The van der Waals surface area contributed by atoms with E-state index in [2.05, 4.69) is 79.7 Å². The predicted molar refractivity (Wildman–Crippen MR) is 107 cm³/mol. The lowest BCUT2D eigenvalue weighted by atomic mass is 10.3. The summed E-state index contributed by atoms with van der Waals surface area (Å²) in [5.41, 5.74) is 0. The lowest BCUT2D eigenvalue weighted by Crippen LogP contribution is -3.00. The zero-order chi connectivity index (χ0) is 16.8. The lowest BCUT2D eigenvalue weighted by Gasteiger charge is -2.27. The van der Waals surface area contributed by atoms with Crippen LogP contribution >= 0.6 is 7.26 Å². The Morgan fingerprint density at radius 3 is 1.56 bits per heavy atom. The molecule has 0 fully saturated rings. The molecule has 0 saturated heterocycles. The molecule has 1 N–H and O–H groups in total. The molecule has 0 radical (unpaired) electrons. The van der Waals surface area contributed by atoms with E-state index in [4.69, 9.17) is 0 Å². The van der Waals surface area contributed by atoms with Gasteiger partial charge in [0.05, 0.1) is 6.16 Å². The zero-order valence-electron chi connectivity index (χ0n) is 14.5. The van der Waals surface area contributed by atoms with Gasteiger partial charge in [0.25, 0.3) is 0 Å². The lowest BCUT2D eigenvalue weighted by molar-refractivity contribution is -0.00000580. The highest BCUT2D eigenvalue weighted by Crippen LogP contribution is 2.56. The van der Waals surface area contributed by atoms with Gasteiger partial charge in [0, 0.05) is 0 Å². The molecule has 0 aromatic heterocycles. The van der Waals surface area contributed by atoms with E-state index in [-0.39, 0.29) is 17.0 Å². The standard InChI is InChI=1S/C22H23OP.BrH/c1-2-3-18-24(20-10-6-4-7-11-20,21-12-8-5-9-13-21)22-16-14-19(23)15-17-22;/h4-17H,2-3,18H2,1H3;1H. The van der Waals surface area contributed by atoms with Crippen LogP contribution in [0.5, 0.6) is 5.75 Å². The van der Waals surface area contributed by atoms with Gasteiger partial charge >= 0.3 is 0 Å². The molecule has 1 nitrogen and oxygen atoms in total. The minimum absolute atomic E-state index is 0. The molecule has 0 aliphatic carbocycles. The molecule has 0 spiro atoms. The van der Waals surface area contributed by atoms with Crippen molar-refractivity contribution in [2.75, 3.05) is 6.16 Å². The van der Waals surface area contributed by atoms with Crippen LogP contribution in [0.4, 0.5) is 0 Å². The molecule has 0 amide bonds. The Balaban J connectivity index is 0.00000225. The maximum absolute atomic E-state index is 9.75. The number of hydrogen-bond donors (Lipinski definition) is 1. The Morgan fingerprint density at radius 1 is 0.680 bits per heavy atom. The Labute approximate surface area is 161 Å². The third kappa shape index (κ3) is 4.14. The van der Waals surface area contributed by atoms with Crippen LogP contribution in [0.25, 0.3) is 0 Å². The first kappa shape index (κ1) is 19.7. The van der Waals surface area contributed by atoms with Gasteiger partial charge in [-0.05, 0) is 55.0 Å². The number of phenols is 1. The van der Waals surface area contributed by atoms with Crippen molar-refractivity contribution in [3.8, 4) is 5.75 Å². The molecule has 0 aliphatic rings. The van der Waals surface area contributed by atoms with Crippen molar-refractivity contribution < 1.29 is 22.1 Å². The smallest absolute Gasteiger partial charge is 0.115 e. The molecule has 3 aromatic rings. The minimum Gasteiger partial charge on any atom is -1.00 e. The van der Waals surface area contributed by atoms with E-state index >= 15 is 0 Å². The highest BCUT2D eigenvalue weighted by molar-refractivity contribution is 7.95. The van der Waals surface area contributed by atoms with Gasteiger partial charge in [0.2, 0.25) is 0 Å². The Bertz CT molecular complexity index is 718. The number of hydrogen-bond acceptors (Lipinski definition) is 1. The SMILES string of the molecule is CCCC[P+](c1ccccc1)(c1ccccc1)c1ccc(O)cc1.[Br-]. The minimum atomic E-state index is -1.70. The molecule has 3 aromatic carbocycles. The summed E-state index contributed by atoms with van der Waals surface area (Å²) in [6, 6.07) is 29.7. The van der Waals surface area contributed by atoms with E-state index < -0.39 is 7.26 Å². The molecular formula is C22H24BrOP. The van der Waals surface area contributed by atoms with Crippen molar-refractivity contribution >= 4 is 23.2 Å². The summed E-state index contributed by atoms with van der Waals surface area (Å²) >= 11 is 0. The van der Waals surface area contributed by atoms with E-state index in [9.17, 15) is 5.11 Å². The van der Waals surface area contributed by atoms with Gasteiger partial charge in [-0.15, -0.1) is 0 Å². The van der Waals surface area contributed by atoms with Crippen molar-refractivity contribution in [2.24, 2.45) is 0 Å². The molecule has 25 heavy (non-hydrogen) atoms. The third-order valence-corrected chi connectivity index (χ3v) is 9.06. The first-order chi connectivity index (χ1) is 11.8. The first-order valence-electron chi connectivity index (χ1n) is 8.56. The van der Waals surface area contributed by atoms with Gasteiger partial charge in [-0.2, -0.15) is 0 Å². The summed E-state index contributed by atoms with van der Waals surface area (Å²) in [7, 11) is -1.70. The number of unbranched alkanes of at least 4 members (excludes halogenated alkanes) is 1. The van der Waals surface area contributed by atoms with Crippen molar-refractivity contribution in [3.05, 3.63) is 84.9 Å². The maximum atomic E-state index is 9.75. The van der Waals surface area contributed by atoms with Crippen LogP contribution in [0.2, 0.25) is 0 Å². The molecule has 0 unspecified atom stereocenters. The summed E-state index contributed by atoms with van der Waals surface area (Å²) in [5.74, 6) is 0.327. The molecule has 0 saturated carbocycles. The van der Waals surface area contributed by atoms with Crippen LogP contribution < -0.4 is 32.9 Å². The molecule has 0 bridgehead atoms. The Kier molecular flexibility index (Phi) is 7.23. The number of phenolic OH excluding ortho intramolecular Hbond substituents is 1. The quantitative estimate of drug-likeness (QED) is 0.605. The van der Waals surface area contributed by atoms with Gasteiger partial charge < -0.3 is 22.1 Å². The predicted octanol–water partition coefficient (Wildman–Crippen LogP) is 1.49. The Morgan fingerprint density at radius 2 is 1.12 bits per heavy atom. The van der Waals surface area contributed by atoms with Crippen molar-refractivity contribution in [1.29, 1.82) is 0 Å². The highest BCUT2D eigenvalue weighted by Gasteiger charge is 2.44. The number of aromatic hydroxyl groups is 1. The van der Waals surface area contributed by atoms with E-state index in [0.29, 0.717) is 5.75 Å². The van der Waals surface area contributed by atoms with Crippen LogP contribution in [0.3, 0.4) is 0 Å². The van der Waals surface area contributed by atoms with E-state index in [1.54, 1.807) is 0 Å². The molecule has 3 heteroatoms. The van der Waals surface area contributed by atoms with Crippen molar-refractivity contribution in [1.82, 2.24) is 0 Å². The summed E-state index contributed by atoms with van der Waals surface area (Å²) < 4.78 is 0. The van der Waals surface area contributed by atoms with Crippen molar-refractivity contribution in [2.45, 2.75) is 19.8 Å². The van der Waals surface area contributed by atoms with E-state index in [1.165, 1.54) is 28.8 Å². The average molecular weight is 415 g/mol. The largest absolute Gasteiger partial charge is 1.00 e. The van der Waals surface area contributed by atoms with Gasteiger partial charge in [-0.25, -0.2) is 0 Å². The fraction of sp³-hybridized carbons (Fsp3) is 0.182. The molecule has 0 atom stereocenters. The van der Waals surface area contributed by atoms with Crippen LogP contribution in [0.1, 0.15) is 19.8 Å². The van der Waals surface area contributed by atoms with E-state index in [0.717, 1.165) is 6.16 Å². The zero-order valence-corrected chi connectivity index (χ0v) is 17.0. The maximum Gasteiger partial charge on any atom is 0.115 e. The van der Waals surface area contributed by atoms with Gasteiger partial charge in [-0.3, -0.25) is 0 Å². The number of benzene rings is 3. The summed E-state index contributed by atoms with van der Waals surface area (Å²) in [6.07, 6.45) is 3.53. The second-order valence-electron chi connectivity index (χ2n) is 6.07. The summed E-state index contributed by atoms with van der Waals surface area (Å²) in [4.78, 5) is 0. The molecule has 130 valence electrons. The summed E-state index contributed by atoms with van der Waals surface area (Å²) in [6.45, 7) is 2.25. The fourth-order valence-corrected chi connectivity index (χ4v) is 7.78. The van der Waals surface area contributed by atoms with Crippen LogP contribution in [0.15, 0.2) is 84.9 Å². The first-order valence-corrected chi connectivity index (χ1v) is 10.5. The molecular weight excluding hydrogens is 391 g/mol. The third-order valence-electron chi connectivity index (χ3n) is 4.53. The topological polar surface area (TPSA) is 20.2 Å². The van der Waals surface area contributed by atoms with Gasteiger partial charge in [0.15, 0.2) is 0 Å².